The van der Waals surface area contributed by atoms with Crippen molar-refractivity contribution >= 4 is 17.8 Å². The molecule has 0 aliphatic rings. The molecule has 0 saturated heterocycles. The summed E-state index contributed by atoms with van der Waals surface area (Å²) in [6.07, 6.45) is 49.8. The predicted octanol–water partition coefficient (Wildman–Crippen LogP) is 12.7. The fourth-order valence-electron chi connectivity index (χ4n) is 5.84. The van der Waals surface area contributed by atoms with E-state index in [4.69, 9.17) is 9.84 Å². The van der Waals surface area contributed by atoms with Crippen LogP contribution < -0.4 is 5.32 Å². The summed E-state index contributed by atoms with van der Waals surface area (Å²) in [4.78, 5) is 34.8. The zero-order valence-electron chi connectivity index (χ0n) is 32.5. The number of aliphatic carboxylic acids is 1. The van der Waals surface area contributed by atoms with Gasteiger partial charge in [0.1, 0.15) is 12.6 Å². The van der Waals surface area contributed by atoms with Crippen molar-refractivity contribution in [3.05, 3.63) is 48.6 Å². The molecule has 0 aromatic rings. The number of carboxylic acid groups (broad SMARTS) is 1. The van der Waals surface area contributed by atoms with Gasteiger partial charge < -0.3 is 15.2 Å². The van der Waals surface area contributed by atoms with Crippen molar-refractivity contribution in [3.63, 3.8) is 0 Å². The maximum Gasteiger partial charge on any atom is 0.322 e. The highest BCUT2D eigenvalue weighted by molar-refractivity contribution is 5.80. The number of allylic oxidation sites excluding steroid dienone is 7. The van der Waals surface area contributed by atoms with Crippen LogP contribution in [-0.4, -0.2) is 35.6 Å². The summed E-state index contributed by atoms with van der Waals surface area (Å²) < 4.78 is 5.87. The molecule has 0 radical (unpaired) electrons. The lowest BCUT2D eigenvalue weighted by Gasteiger charge is -2.15. The Morgan fingerprint density at radius 1 is 0.540 bits per heavy atom. The molecule has 1 atom stereocenters. The number of esters is 1. The second-order valence-corrected chi connectivity index (χ2v) is 13.9. The van der Waals surface area contributed by atoms with Crippen LogP contribution >= 0.6 is 0 Å². The van der Waals surface area contributed by atoms with Crippen molar-refractivity contribution in [3.8, 4) is 0 Å². The number of hydrogen-bond donors (Lipinski definition) is 2. The van der Waals surface area contributed by atoms with E-state index in [1.54, 1.807) is 0 Å². The van der Waals surface area contributed by atoms with E-state index in [1.165, 1.54) is 109 Å². The van der Waals surface area contributed by atoms with Gasteiger partial charge in [-0.2, -0.15) is 0 Å². The number of rotatable bonds is 37. The summed E-state index contributed by atoms with van der Waals surface area (Å²) in [6.45, 7) is 4.15. The number of carboxylic acids is 1. The molecule has 0 heterocycles. The molecular formula is C44H77NO5. The van der Waals surface area contributed by atoms with Gasteiger partial charge in [0.15, 0.2) is 0 Å². The van der Waals surface area contributed by atoms with Gasteiger partial charge in [-0.15, -0.1) is 0 Å². The van der Waals surface area contributed by atoms with Crippen LogP contribution in [0, 0.1) is 0 Å². The van der Waals surface area contributed by atoms with Gasteiger partial charge in [0.05, 0.1) is 0 Å². The molecule has 0 fully saturated rings. The quantitative estimate of drug-likeness (QED) is 0.0382. The molecule has 0 rings (SSSR count). The minimum Gasteiger partial charge on any atom is -0.480 e. The fourth-order valence-corrected chi connectivity index (χ4v) is 5.84. The van der Waals surface area contributed by atoms with Crippen LogP contribution in [-0.2, 0) is 19.1 Å². The second kappa shape index (κ2) is 39.2. The van der Waals surface area contributed by atoms with Gasteiger partial charge in [-0.3, -0.25) is 14.4 Å². The van der Waals surface area contributed by atoms with Crippen molar-refractivity contribution in [2.45, 2.75) is 206 Å². The summed E-state index contributed by atoms with van der Waals surface area (Å²) in [5, 5.41) is 11.1. The molecule has 0 spiro atoms. The van der Waals surface area contributed by atoms with Crippen LogP contribution in [0.1, 0.15) is 200 Å². The van der Waals surface area contributed by atoms with E-state index in [2.05, 4.69) is 67.8 Å². The molecular weight excluding hydrogens is 622 g/mol. The molecule has 0 bridgehead atoms. The maximum absolute atomic E-state index is 12.6. The van der Waals surface area contributed by atoms with Crippen molar-refractivity contribution in [2.24, 2.45) is 0 Å². The number of nitrogens with one attached hydrogen (secondary N) is 1. The maximum atomic E-state index is 12.6. The topological polar surface area (TPSA) is 92.7 Å². The zero-order chi connectivity index (χ0) is 36.6. The first-order chi connectivity index (χ1) is 24.5. The van der Waals surface area contributed by atoms with E-state index in [-0.39, 0.29) is 24.5 Å². The normalized spacial score (nSPS) is 12.5. The zero-order valence-corrected chi connectivity index (χ0v) is 32.5. The largest absolute Gasteiger partial charge is 0.480 e. The number of carbonyl (C=O) groups excluding carboxylic acids is 2. The summed E-state index contributed by atoms with van der Waals surface area (Å²) in [5.74, 6) is -1.34. The molecule has 2 N–H and O–H groups in total. The molecule has 0 aliphatic carbocycles. The van der Waals surface area contributed by atoms with Gasteiger partial charge >= 0.3 is 11.9 Å². The van der Waals surface area contributed by atoms with Crippen molar-refractivity contribution in [2.75, 3.05) is 6.54 Å². The molecule has 1 unspecified atom stereocenters. The monoisotopic (exact) mass is 700 g/mol. The van der Waals surface area contributed by atoms with E-state index in [1.807, 2.05) is 0 Å². The van der Waals surface area contributed by atoms with Crippen molar-refractivity contribution in [1.82, 2.24) is 5.32 Å². The summed E-state index contributed by atoms with van der Waals surface area (Å²) in [5.41, 5.74) is 0. The molecule has 0 aromatic carbocycles. The van der Waals surface area contributed by atoms with Gasteiger partial charge in [-0.1, -0.05) is 153 Å². The molecule has 6 nitrogen and oxygen atoms in total. The van der Waals surface area contributed by atoms with E-state index in [0.717, 1.165) is 64.2 Å². The van der Waals surface area contributed by atoms with Gasteiger partial charge in [-0.25, -0.2) is 0 Å². The highest BCUT2D eigenvalue weighted by atomic mass is 16.5. The lowest BCUT2D eigenvalue weighted by Crippen LogP contribution is -2.28. The number of ether oxygens (including phenoxy) is 1. The first kappa shape index (κ1) is 47.4. The third kappa shape index (κ3) is 38.2. The number of hydrogen-bond acceptors (Lipinski definition) is 4. The molecule has 288 valence electrons. The minimum atomic E-state index is -1.03. The Bertz CT molecular complexity index is 906. The molecule has 6 heteroatoms. The fraction of sp³-hybridized carbons (Fsp3) is 0.750. The van der Waals surface area contributed by atoms with Gasteiger partial charge in [0, 0.05) is 12.8 Å². The standard InChI is InChI=1S/C44H77NO5/c1-3-5-7-9-11-12-13-14-15-16-17-18-19-20-21-22-23-24-25-26-27-29-35-39-44(49)50-41(36-32-28-10-8-6-4-2)37-33-30-31-34-38-42(46)45-40-43(47)48/h13-14,16-17,19-20,32,36,41H,3-12,15,18,21-31,33-35,37-40H2,1-2H3,(H,45,46)(H,47,48)/b14-13-,17-16-,20-19-,36-32-. The smallest absolute Gasteiger partial charge is 0.322 e. The Morgan fingerprint density at radius 3 is 1.54 bits per heavy atom. The van der Waals surface area contributed by atoms with Gasteiger partial charge in [-0.05, 0) is 83.1 Å². The molecule has 50 heavy (non-hydrogen) atoms. The van der Waals surface area contributed by atoms with Crippen molar-refractivity contribution in [1.29, 1.82) is 0 Å². The van der Waals surface area contributed by atoms with E-state index in [0.29, 0.717) is 12.8 Å². The summed E-state index contributed by atoms with van der Waals surface area (Å²) >= 11 is 0. The van der Waals surface area contributed by atoms with Crippen LogP contribution in [0.15, 0.2) is 48.6 Å². The van der Waals surface area contributed by atoms with Crippen LogP contribution in [0.5, 0.6) is 0 Å². The third-order valence-electron chi connectivity index (χ3n) is 8.96. The summed E-state index contributed by atoms with van der Waals surface area (Å²) in [6, 6.07) is 0. The molecule has 0 aliphatic heterocycles. The predicted molar refractivity (Wildman–Crippen MR) is 212 cm³/mol. The lowest BCUT2D eigenvalue weighted by molar-refractivity contribution is -0.147. The third-order valence-corrected chi connectivity index (χ3v) is 8.96. The highest BCUT2D eigenvalue weighted by Crippen LogP contribution is 2.15. The Labute approximate surface area is 308 Å². The SMILES string of the molecule is CCCCCC/C=C\C(CCCCCCC(=O)NCC(=O)O)OC(=O)CCCCCCCCCC/C=C\C/C=C\C/C=C\CCCCCCC. The highest BCUT2D eigenvalue weighted by Gasteiger charge is 2.12. The van der Waals surface area contributed by atoms with Crippen LogP contribution in [0.4, 0.5) is 0 Å². The first-order valence-corrected chi connectivity index (χ1v) is 20.8. The van der Waals surface area contributed by atoms with Crippen molar-refractivity contribution < 1.29 is 24.2 Å². The number of unbranched alkanes of at least 4 members (excludes halogenated alkanes) is 20. The molecule has 0 saturated carbocycles. The Hall–Kier alpha value is -2.63. The van der Waals surface area contributed by atoms with Crippen LogP contribution in [0.3, 0.4) is 0 Å². The average Bonchev–Trinajstić information content (AvgIpc) is 3.10. The first-order valence-electron chi connectivity index (χ1n) is 20.8. The van der Waals surface area contributed by atoms with Gasteiger partial charge in [0.2, 0.25) is 5.91 Å². The lowest BCUT2D eigenvalue weighted by atomic mass is 10.1. The number of carbonyl (C=O) groups is 3. The van der Waals surface area contributed by atoms with E-state index in [9.17, 15) is 14.4 Å². The Kier molecular flexibility index (Phi) is 37.1. The molecule has 0 aromatic heterocycles. The second-order valence-electron chi connectivity index (χ2n) is 13.9. The van der Waals surface area contributed by atoms with E-state index < -0.39 is 5.97 Å². The van der Waals surface area contributed by atoms with Crippen LogP contribution in [0.2, 0.25) is 0 Å². The Morgan fingerprint density at radius 2 is 0.980 bits per heavy atom. The Balaban J connectivity index is 3.93. The minimum absolute atomic E-state index is 0.0929. The van der Waals surface area contributed by atoms with Crippen LogP contribution in [0.25, 0.3) is 0 Å². The summed E-state index contributed by atoms with van der Waals surface area (Å²) in [7, 11) is 0. The van der Waals surface area contributed by atoms with Gasteiger partial charge in [0.25, 0.3) is 0 Å². The molecule has 1 amide bonds. The van der Waals surface area contributed by atoms with E-state index >= 15 is 0 Å². The number of amides is 1. The average molecular weight is 700 g/mol.